The Balaban J connectivity index is 3.75. The molecule has 0 amide bonds. The summed E-state index contributed by atoms with van der Waals surface area (Å²) in [4.78, 5) is 0. The first-order valence-electron chi connectivity index (χ1n) is 6.20. The van der Waals surface area contributed by atoms with E-state index in [1.54, 1.807) is 0 Å². The van der Waals surface area contributed by atoms with Crippen LogP contribution in [0.4, 0.5) is 0 Å². The first-order chi connectivity index (χ1) is 6.85. The van der Waals surface area contributed by atoms with Crippen LogP contribution in [0, 0.1) is 11.3 Å². The van der Waals surface area contributed by atoms with Gasteiger partial charge in [-0.25, -0.2) is 0 Å². The summed E-state index contributed by atoms with van der Waals surface area (Å²) in [5, 5.41) is 9.51. The second kappa shape index (κ2) is 7.05. The molecule has 90 valence electrons. The van der Waals surface area contributed by atoms with Crippen molar-refractivity contribution >= 4 is 0 Å². The Morgan fingerprint density at radius 2 is 1.87 bits per heavy atom. The molecule has 15 heavy (non-hydrogen) atoms. The molecular weight excluding hydrogens is 184 g/mol. The molecule has 0 aliphatic carbocycles. The van der Waals surface area contributed by atoms with Crippen molar-refractivity contribution in [2.45, 2.75) is 66.4 Å². The topological polar surface area (TPSA) is 20.2 Å². The molecule has 0 spiro atoms. The van der Waals surface area contributed by atoms with E-state index in [9.17, 15) is 5.11 Å². The summed E-state index contributed by atoms with van der Waals surface area (Å²) in [6.07, 6.45) is 8.09. The van der Waals surface area contributed by atoms with Gasteiger partial charge in [-0.1, -0.05) is 53.2 Å². The van der Waals surface area contributed by atoms with Crippen LogP contribution in [0.5, 0.6) is 0 Å². The summed E-state index contributed by atoms with van der Waals surface area (Å²) in [6, 6.07) is 0. The van der Waals surface area contributed by atoms with E-state index in [0.717, 1.165) is 19.3 Å². The Labute approximate surface area is 95.6 Å². The molecule has 0 fully saturated rings. The molecule has 2 atom stereocenters. The number of hydrogen-bond donors (Lipinski definition) is 1. The number of aliphatic hydroxyl groups excluding tert-OH is 1. The maximum Gasteiger partial charge on any atom is 0.0720 e. The van der Waals surface area contributed by atoms with Gasteiger partial charge in [0.15, 0.2) is 0 Å². The predicted molar refractivity (Wildman–Crippen MR) is 67.9 cm³/mol. The lowest BCUT2D eigenvalue weighted by molar-refractivity contribution is 0.211. The molecule has 0 rings (SSSR count). The summed E-state index contributed by atoms with van der Waals surface area (Å²) in [6.45, 7) is 11.2. The van der Waals surface area contributed by atoms with E-state index in [0.29, 0.717) is 11.3 Å². The Morgan fingerprint density at radius 3 is 2.33 bits per heavy atom. The van der Waals surface area contributed by atoms with Crippen molar-refractivity contribution in [3.8, 4) is 0 Å². The lowest BCUT2D eigenvalue weighted by Gasteiger charge is -2.22. The first kappa shape index (κ1) is 14.7. The highest BCUT2D eigenvalue weighted by molar-refractivity contribution is 4.89. The third-order valence-electron chi connectivity index (χ3n) is 2.44. The molecule has 0 saturated heterocycles. The van der Waals surface area contributed by atoms with Gasteiger partial charge in [0.1, 0.15) is 0 Å². The van der Waals surface area contributed by atoms with E-state index in [4.69, 9.17) is 0 Å². The molecule has 1 heteroatoms. The molecule has 0 aliphatic rings. The van der Waals surface area contributed by atoms with Crippen LogP contribution in [0.3, 0.4) is 0 Å². The molecular formula is C14H28O. The number of allylic oxidation sites excluding steroid dienone is 1. The zero-order valence-electron chi connectivity index (χ0n) is 11.1. The third kappa shape index (κ3) is 9.99. The molecule has 0 heterocycles. The smallest absolute Gasteiger partial charge is 0.0720 e. The van der Waals surface area contributed by atoms with Gasteiger partial charge in [0.05, 0.1) is 6.10 Å². The maximum atomic E-state index is 9.51. The van der Waals surface area contributed by atoms with Crippen LogP contribution in [0.25, 0.3) is 0 Å². The minimum Gasteiger partial charge on any atom is -0.389 e. The van der Waals surface area contributed by atoms with Gasteiger partial charge < -0.3 is 5.11 Å². The van der Waals surface area contributed by atoms with E-state index < -0.39 is 0 Å². The summed E-state index contributed by atoms with van der Waals surface area (Å²) in [5.74, 6) is 0.704. The minimum absolute atomic E-state index is 0.239. The van der Waals surface area contributed by atoms with Crippen LogP contribution < -0.4 is 0 Å². The predicted octanol–water partition coefficient (Wildman–Crippen LogP) is 4.17. The highest BCUT2D eigenvalue weighted by Gasteiger charge is 2.13. The number of hydrogen-bond acceptors (Lipinski definition) is 1. The minimum atomic E-state index is -0.239. The fourth-order valence-electron chi connectivity index (χ4n) is 1.99. The van der Waals surface area contributed by atoms with Gasteiger partial charge in [-0.2, -0.15) is 0 Å². The van der Waals surface area contributed by atoms with Gasteiger partial charge in [0.25, 0.3) is 0 Å². The normalized spacial score (nSPS) is 16.9. The Kier molecular flexibility index (Phi) is 6.91. The molecule has 1 nitrogen and oxygen atoms in total. The van der Waals surface area contributed by atoms with E-state index in [-0.39, 0.29) is 6.10 Å². The standard InChI is InChI=1S/C14H28O/c1-6-8-13(15)10-7-9-12(2)11-14(3,4)5/h7,10,12-13,15H,6,8-9,11H2,1-5H3. The van der Waals surface area contributed by atoms with Crippen LogP contribution in [0.1, 0.15) is 60.3 Å². The first-order valence-corrected chi connectivity index (χ1v) is 6.20. The van der Waals surface area contributed by atoms with Crippen molar-refractivity contribution in [1.82, 2.24) is 0 Å². The van der Waals surface area contributed by atoms with Crippen molar-refractivity contribution in [2.75, 3.05) is 0 Å². The highest BCUT2D eigenvalue weighted by atomic mass is 16.3. The van der Waals surface area contributed by atoms with Crippen LogP contribution in [0.2, 0.25) is 0 Å². The molecule has 0 radical (unpaired) electrons. The van der Waals surface area contributed by atoms with Gasteiger partial charge in [0, 0.05) is 0 Å². The van der Waals surface area contributed by atoms with Gasteiger partial charge in [-0.15, -0.1) is 0 Å². The fourth-order valence-corrected chi connectivity index (χ4v) is 1.99. The van der Waals surface area contributed by atoms with Crippen LogP contribution >= 0.6 is 0 Å². The van der Waals surface area contributed by atoms with E-state index in [1.807, 2.05) is 6.08 Å². The Bertz CT molecular complexity index is 176. The summed E-state index contributed by atoms with van der Waals surface area (Å²) < 4.78 is 0. The van der Waals surface area contributed by atoms with Gasteiger partial charge in [-0.3, -0.25) is 0 Å². The molecule has 0 aromatic carbocycles. The van der Waals surface area contributed by atoms with Gasteiger partial charge >= 0.3 is 0 Å². The van der Waals surface area contributed by atoms with E-state index in [2.05, 4.69) is 40.7 Å². The zero-order valence-corrected chi connectivity index (χ0v) is 11.1. The third-order valence-corrected chi connectivity index (χ3v) is 2.44. The number of aliphatic hydroxyl groups is 1. The lowest BCUT2D eigenvalue weighted by Crippen LogP contribution is -2.10. The molecule has 0 aliphatic heterocycles. The second-order valence-corrected chi connectivity index (χ2v) is 5.89. The molecule has 0 aromatic heterocycles. The lowest BCUT2D eigenvalue weighted by atomic mass is 9.84. The van der Waals surface area contributed by atoms with Crippen LogP contribution in [0.15, 0.2) is 12.2 Å². The van der Waals surface area contributed by atoms with Gasteiger partial charge in [0.2, 0.25) is 0 Å². The van der Waals surface area contributed by atoms with Crippen molar-refractivity contribution in [3.05, 3.63) is 12.2 Å². The molecule has 0 aromatic rings. The Hall–Kier alpha value is -0.300. The van der Waals surface area contributed by atoms with Crippen molar-refractivity contribution in [3.63, 3.8) is 0 Å². The largest absolute Gasteiger partial charge is 0.389 e. The number of rotatable bonds is 6. The van der Waals surface area contributed by atoms with Crippen molar-refractivity contribution in [2.24, 2.45) is 11.3 Å². The van der Waals surface area contributed by atoms with E-state index in [1.165, 1.54) is 6.42 Å². The molecule has 0 saturated carbocycles. The maximum absolute atomic E-state index is 9.51. The zero-order chi connectivity index (χ0) is 11.9. The average Bonchev–Trinajstić information content (AvgIpc) is 2.00. The summed E-state index contributed by atoms with van der Waals surface area (Å²) >= 11 is 0. The van der Waals surface area contributed by atoms with Crippen molar-refractivity contribution in [1.29, 1.82) is 0 Å². The molecule has 1 N–H and O–H groups in total. The molecule has 0 bridgehead atoms. The SMILES string of the molecule is CCCC(O)C=CCC(C)CC(C)(C)C. The average molecular weight is 212 g/mol. The Morgan fingerprint density at radius 1 is 1.27 bits per heavy atom. The molecule has 2 unspecified atom stereocenters. The quantitative estimate of drug-likeness (QED) is 0.655. The van der Waals surface area contributed by atoms with Gasteiger partial charge in [-0.05, 0) is 30.6 Å². The van der Waals surface area contributed by atoms with Crippen LogP contribution in [-0.4, -0.2) is 11.2 Å². The summed E-state index contributed by atoms with van der Waals surface area (Å²) in [7, 11) is 0. The van der Waals surface area contributed by atoms with E-state index >= 15 is 0 Å². The fraction of sp³-hybridized carbons (Fsp3) is 0.857. The van der Waals surface area contributed by atoms with Crippen molar-refractivity contribution < 1.29 is 5.11 Å². The highest BCUT2D eigenvalue weighted by Crippen LogP contribution is 2.26. The summed E-state index contributed by atoms with van der Waals surface area (Å²) in [5.41, 5.74) is 0.412. The second-order valence-electron chi connectivity index (χ2n) is 5.89. The monoisotopic (exact) mass is 212 g/mol. The van der Waals surface area contributed by atoms with Crippen LogP contribution in [-0.2, 0) is 0 Å².